The normalized spacial score (nSPS) is 12.6. The first kappa shape index (κ1) is 14.7. The zero-order valence-corrected chi connectivity index (χ0v) is 12.3. The molecule has 3 nitrogen and oxygen atoms in total. The SMILES string of the molecule is CSc1nnc(SCC(O)c2cc(F)ccc2F)s1. The average molecular weight is 320 g/mol. The Morgan fingerprint density at radius 1 is 1.32 bits per heavy atom. The fraction of sp³-hybridized carbons (Fsp3) is 0.273. The fourth-order valence-electron chi connectivity index (χ4n) is 1.35. The largest absolute Gasteiger partial charge is 0.387 e. The molecule has 1 aromatic heterocycles. The number of benzene rings is 1. The maximum absolute atomic E-state index is 13.4. The molecule has 1 heterocycles. The van der Waals surface area contributed by atoms with Crippen LogP contribution in [-0.2, 0) is 0 Å². The highest BCUT2D eigenvalue weighted by Crippen LogP contribution is 2.30. The molecule has 0 aliphatic rings. The summed E-state index contributed by atoms with van der Waals surface area (Å²) in [6.07, 6.45) is 0.814. The van der Waals surface area contributed by atoms with Crippen LogP contribution in [0.3, 0.4) is 0 Å². The lowest BCUT2D eigenvalue weighted by Gasteiger charge is -2.10. The van der Waals surface area contributed by atoms with Gasteiger partial charge in [0.25, 0.3) is 0 Å². The second-order valence-electron chi connectivity index (χ2n) is 3.53. The number of hydrogen-bond acceptors (Lipinski definition) is 6. The van der Waals surface area contributed by atoms with E-state index in [0.717, 1.165) is 22.5 Å². The molecule has 2 rings (SSSR count). The van der Waals surface area contributed by atoms with Gasteiger partial charge in [-0.3, -0.25) is 0 Å². The zero-order chi connectivity index (χ0) is 13.8. The second kappa shape index (κ2) is 6.65. The van der Waals surface area contributed by atoms with E-state index in [1.54, 1.807) is 0 Å². The van der Waals surface area contributed by atoms with E-state index in [1.165, 1.54) is 34.9 Å². The predicted octanol–water partition coefficient (Wildman–Crippen LogP) is 3.36. The highest BCUT2D eigenvalue weighted by Gasteiger charge is 2.15. The molecule has 0 fully saturated rings. The van der Waals surface area contributed by atoms with Crippen molar-refractivity contribution in [3.05, 3.63) is 35.4 Å². The standard InChI is InChI=1S/C11H10F2N2OS3/c1-17-10-14-15-11(19-10)18-5-9(16)7-4-6(12)2-3-8(7)13/h2-4,9,16H,5H2,1H3. The summed E-state index contributed by atoms with van der Waals surface area (Å²) in [5, 5.41) is 17.7. The van der Waals surface area contributed by atoms with Gasteiger partial charge in [0.2, 0.25) is 0 Å². The van der Waals surface area contributed by atoms with Crippen molar-refractivity contribution in [3.8, 4) is 0 Å². The first-order chi connectivity index (χ1) is 9.10. The molecular weight excluding hydrogens is 310 g/mol. The molecule has 8 heteroatoms. The van der Waals surface area contributed by atoms with Gasteiger partial charge in [-0.25, -0.2) is 8.78 Å². The highest BCUT2D eigenvalue weighted by molar-refractivity contribution is 8.02. The maximum atomic E-state index is 13.4. The molecule has 0 aliphatic carbocycles. The van der Waals surface area contributed by atoms with E-state index in [0.29, 0.717) is 4.34 Å². The van der Waals surface area contributed by atoms with E-state index >= 15 is 0 Å². The van der Waals surface area contributed by atoms with Crippen LogP contribution in [0.4, 0.5) is 8.78 Å². The summed E-state index contributed by atoms with van der Waals surface area (Å²) < 4.78 is 28.0. The number of thioether (sulfide) groups is 2. The van der Waals surface area contributed by atoms with Crippen molar-refractivity contribution in [2.45, 2.75) is 14.8 Å². The van der Waals surface area contributed by atoms with Gasteiger partial charge in [-0.1, -0.05) is 34.9 Å². The van der Waals surface area contributed by atoms with Crippen LogP contribution in [0.5, 0.6) is 0 Å². The zero-order valence-electron chi connectivity index (χ0n) is 9.84. The number of aromatic nitrogens is 2. The van der Waals surface area contributed by atoms with Crippen LogP contribution in [0.2, 0.25) is 0 Å². The minimum absolute atomic E-state index is 0.0397. The minimum Gasteiger partial charge on any atom is -0.387 e. The molecule has 102 valence electrons. The van der Waals surface area contributed by atoms with Gasteiger partial charge in [-0.05, 0) is 24.5 Å². The summed E-state index contributed by atoms with van der Waals surface area (Å²) in [6, 6.07) is 3.04. The number of nitrogens with zero attached hydrogens (tertiary/aromatic N) is 2. The lowest BCUT2D eigenvalue weighted by atomic mass is 10.1. The number of hydrogen-bond donors (Lipinski definition) is 1. The van der Waals surface area contributed by atoms with E-state index in [9.17, 15) is 13.9 Å². The molecule has 1 aromatic carbocycles. The molecule has 0 bridgehead atoms. The summed E-state index contributed by atoms with van der Waals surface area (Å²) in [7, 11) is 0. The quantitative estimate of drug-likeness (QED) is 0.856. The van der Waals surface area contributed by atoms with Gasteiger partial charge in [0.05, 0.1) is 6.10 Å². The van der Waals surface area contributed by atoms with Crippen LogP contribution in [0, 0.1) is 11.6 Å². The Bertz CT molecular complexity index is 565. The van der Waals surface area contributed by atoms with Gasteiger partial charge in [0, 0.05) is 11.3 Å². The summed E-state index contributed by atoms with van der Waals surface area (Å²) >= 11 is 4.15. The van der Waals surface area contributed by atoms with Crippen LogP contribution >= 0.6 is 34.9 Å². The van der Waals surface area contributed by atoms with Gasteiger partial charge in [-0.2, -0.15) is 0 Å². The first-order valence-electron chi connectivity index (χ1n) is 5.23. The topological polar surface area (TPSA) is 46.0 Å². The fourth-order valence-corrected chi connectivity index (χ4v) is 3.77. The average Bonchev–Trinajstić information content (AvgIpc) is 2.87. The van der Waals surface area contributed by atoms with Crippen molar-refractivity contribution in [1.82, 2.24) is 10.2 Å². The van der Waals surface area contributed by atoms with Crippen molar-refractivity contribution in [2.24, 2.45) is 0 Å². The van der Waals surface area contributed by atoms with Crippen LogP contribution in [0.25, 0.3) is 0 Å². The van der Waals surface area contributed by atoms with Crippen molar-refractivity contribution in [1.29, 1.82) is 0 Å². The molecule has 0 spiro atoms. The Morgan fingerprint density at radius 2 is 2.05 bits per heavy atom. The third-order valence-electron chi connectivity index (χ3n) is 2.24. The summed E-state index contributed by atoms with van der Waals surface area (Å²) in [6.45, 7) is 0. The molecule has 1 N–H and O–H groups in total. The van der Waals surface area contributed by atoms with E-state index in [2.05, 4.69) is 10.2 Å². The molecule has 2 aromatic rings. The van der Waals surface area contributed by atoms with Crippen LogP contribution in [0.15, 0.2) is 26.9 Å². The second-order valence-corrected chi connectivity index (χ2v) is 6.83. The Balaban J connectivity index is 2.00. The molecule has 0 aliphatic heterocycles. The molecule has 0 saturated heterocycles. The van der Waals surface area contributed by atoms with Crippen LogP contribution < -0.4 is 0 Å². The van der Waals surface area contributed by atoms with Crippen molar-refractivity contribution >= 4 is 34.9 Å². The number of rotatable bonds is 5. The van der Waals surface area contributed by atoms with E-state index in [1.807, 2.05) is 6.26 Å². The number of aliphatic hydroxyl groups excluding tert-OH is 1. The van der Waals surface area contributed by atoms with Gasteiger partial charge < -0.3 is 5.11 Å². The molecule has 0 amide bonds. The number of halogens is 2. The van der Waals surface area contributed by atoms with Crippen LogP contribution in [0.1, 0.15) is 11.7 Å². The Kier molecular flexibility index (Phi) is 5.14. The molecule has 0 radical (unpaired) electrons. The van der Waals surface area contributed by atoms with E-state index in [-0.39, 0.29) is 11.3 Å². The third kappa shape index (κ3) is 3.88. The molecule has 0 saturated carbocycles. The van der Waals surface area contributed by atoms with Crippen LogP contribution in [-0.4, -0.2) is 27.3 Å². The smallest absolute Gasteiger partial charge is 0.175 e. The van der Waals surface area contributed by atoms with Crippen molar-refractivity contribution < 1.29 is 13.9 Å². The first-order valence-corrected chi connectivity index (χ1v) is 8.26. The summed E-state index contributed by atoms with van der Waals surface area (Å²) in [5.41, 5.74) is -0.0397. The molecule has 1 atom stereocenters. The van der Waals surface area contributed by atoms with E-state index < -0.39 is 17.7 Å². The van der Waals surface area contributed by atoms with Crippen molar-refractivity contribution in [2.75, 3.05) is 12.0 Å². The van der Waals surface area contributed by atoms with Gasteiger partial charge in [-0.15, -0.1) is 10.2 Å². The lowest BCUT2D eigenvalue weighted by Crippen LogP contribution is -2.04. The molecular formula is C11H10F2N2OS3. The highest BCUT2D eigenvalue weighted by atomic mass is 32.2. The van der Waals surface area contributed by atoms with Crippen molar-refractivity contribution in [3.63, 3.8) is 0 Å². The Labute approximate surface area is 121 Å². The van der Waals surface area contributed by atoms with Gasteiger partial charge in [0.15, 0.2) is 8.68 Å². The number of aliphatic hydroxyl groups is 1. The molecule has 19 heavy (non-hydrogen) atoms. The van der Waals surface area contributed by atoms with E-state index in [4.69, 9.17) is 0 Å². The van der Waals surface area contributed by atoms with Gasteiger partial charge >= 0.3 is 0 Å². The Morgan fingerprint density at radius 3 is 2.74 bits per heavy atom. The summed E-state index contributed by atoms with van der Waals surface area (Å²) in [4.78, 5) is 0. The summed E-state index contributed by atoms with van der Waals surface area (Å²) in [5.74, 6) is -0.985. The monoisotopic (exact) mass is 320 g/mol. The Hall–Kier alpha value is -0.700. The third-order valence-corrected chi connectivity index (χ3v) is 5.35. The van der Waals surface area contributed by atoms with Gasteiger partial charge in [0.1, 0.15) is 11.6 Å². The lowest BCUT2D eigenvalue weighted by molar-refractivity contribution is 0.198. The molecule has 1 unspecified atom stereocenters. The predicted molar refractivity (Wildman–Crippen MR) is 73.7 cm³/mol. The minimum atomic E-state index is -1.08. The maximum Gasteiger partial charge on any atom is 0.175 e.